The van der Waals surface area contributed by atoms with E-state index in [-0.39, 0.29) is 46.7 Å². The number of hydrogen-bond acceptors (Lipinski definition) is 5. The number of nitrogens with one attached hydrogen (secondary N) is 1. The van der Waals surface area contributed by atoms with Gasteiger partial charge in [-0.25, -0.2) is 8.42 Å². The first-order valence-corrected chi connectivity index (χ1v) is 12.7. The van der Waals surface area contributed by atoms with Gasteiger partial charge in [-0.3, -0.25) is 19.3 Å². The minimum Gasteiger partial charge on any atom is -0.323 e. The quantitative estimate of drug-likeness (QED) is 0.626. The van der Waals surface area contributed by atoms with Crippen molar-refractivity contribution in [2.45, 2.75) is 76.2 Å². The fraction of sp³-hybridized carbons (Fsp3) is 0.609. The van der Waals surface area contributed by atoms with Gasteiger partial charge in [0, 0.05) is 25.9 Å². The summed E-state index contributed by atoms with van der Waals surface area (Å²) in [6, 6.07) is 6.18. The number of amides is 3. The van der Waals surface area contributed by atoms with Crippen molar-refractivity contribution in [1.29, 1.82) is 0 Å². The molecule has 0 unspecified atom stereocenters. The zero-order valence-corrected chi connectivity index (χ0v) is 19.9. The van der Waals surface area contributed by atoms with E-state index in [1.807, 2.05) is 13.8 Å². The first-order chi connectivity index (χ1) is 15.1. The van der Waals surface area contributed by atoms with E-state index in [0.717, 1.165) is 37.0 Å². The van der Waals surface area contributed by atoms with E-state index < -0.39 is 22.5 Å². The van der Waals surface area contributed by atoms with Gasteiger partial charge in [0.1, 0.15) is 11.4 Å². The zero-order chi connectivity index (χ0) is 23.5. The van der Waals surface area contributed by atoms with Crippen molar-refractivity contribution in [2.75, 3.05) is 18.9 Å². The van der Waals surface area contributed by atoms with Gasteiger partial charge in [0.05, 0.1) is 5.69 Å². The first kappa shape index (κ1) is 24.4. The highest BCUT2D eigenvalue weighted by Gasteiger charge is 2.40. The van der Waals surface area contributed by atoms with Crippen LogP contribution in [-0.2, 0) is 24.4 Å². The molecule has 2 aliphatic rings. The maximum absolute atomic E-state index is 13.3. The van der Waals surface area contributed by atoms with Crippen LogP contribution in [0.25, 0.3) is 0 Å². The molecule has 1 aromatic rings. The van der Waals surface area contributed by atoms with Gasteiger partial charge in [0.2, 0.25) is 27.7 Å². The van der Waals surface area contributed by atoms with Crippen LogP contribution in [0.3, 0.4) is 0 Å². The lowest BCUT2D eigenvalue weighted by molar-refractivity contribution is -0.154. The van der Waals surface area contributed by atoms with Crippen LogP contribution in [0.1, 0.15) is 65.2 Å². The summed E-state index contributed by atoms with van der Waals surface area (Å²) in [5, 5.41) is 2.61. The van der Waals surface area contributed by atoms with Gasteiger partial charge >= 0.3 is 0 Å². The van der Waals surface area contributed by atoms with Gasteiger partial charge in [0.25, 0.3) is 0 Å². The molecule has 1 aliphatic heterocycles. The van der Waals surface area contributed by atoms with Gasteiger partial charge in [-0.05, 0) is 36.8 Å². The molecule has 1 aromatic carbocycles. The van der Waals surface area contributed by atoms with Crippen molar-refractivity contribution < 1.29 is 22.8 Å². The smallest absolute Gasteiger partial charge is 0.245 e. The van der Waals surface area contributed by atoms with Crippen LogP contribution >= 0.6 is 0 Å². The van der Waals surface area contributed by atoms with Crippen LogP contribution in [0.4, 0.5) is 5.69 Å². The number of benzene rings is 1. The molecular formula is C23H33N3O5S. The number of carbonyl (C=O) groups is 3. The Bertz CT molecular complexity index is 967. The van der Waals surface area contributed by atoms with Gasteiger partial charge < -0.3 is 5.32 Å². The predicted molar refractivity (Wildman–Crippen MR) is 121 cm³/mol. The predicted octanol–water partition coefficient (Wildman–Crippen LogP) is 3.14. The Morgan fingerprint density at radius 1 is 1.12 bits per heavy atom. The van der Waals surface area contributed by atoms with Gasteiger partial charge in [-0.1, -0.05) is 45.2 Å². The van der Waals surface area contributed by atoms with E-state index in [1.165, 1.54) is 16.4 Å². The number of imide groups is 1. The second kappa shape index (κ2) is 9.70. The van der Waals surface area contributed by atoms with E-state index >= 15 is 0 Å². The lowest BCUT2D eigenvalue weighted by Crippen LogP contribution is -2.49. The third-order valence-corrected chi connectivity index (χ3v) is 8.79. The van der Waals surface area contributed by atoms with Crippen LogP contribution in [0.5, 0.6) is 0 Å². The number of piperidine rings is 1. The molecule has 8 nitrogen and oxygen atoms in total. The summed E-state index contributed by atoms with van der Waals surface area (Å²) in [5.74, 6) is -1.35. The van der Waals surface area contributed by atoms with E-state index in [1.54, 1.807) is 19.2 Å². The summed E-state index contributed by atoms with van der Waals surface area (Å²) in [6.07, 6.45) is 5.86. The Labute approximate surface area is 190 Å². The Morgan fingerprint density at radius 2 is 1.72 bits per heavy atom. The molecule has 0 spiro atoms. The Hall–Kier alpha value is -2.26. The number of sulfonamides is 1. The van der Waals surface area contributed by atoms with E-state index in [4.69, 9.17) is 0 Å². The van der Waals surface area contributed by atoms with Gasteiger partial charge in [0.15, 0.2) is 0 Å². The number of nitrogens with zero attached hydrogens (tertiary/aromatic N) is 2. The second-order valence-electron chi connectivity index (χ2n) is 9.25. The molecule has 0 radical (unpaired) electrons. The largest absolute Gasteiger partial charge is 0.323 e. The van der Waals surface area contributed by atoms with Crippen LogP contribution in [0.15, 0.2) is 29.2 Å². The van der Waals surface area contributed by atoms with Crippen molar-refractivity contribution in [1.82, 2.24) is 9.21 Å². The minimum atomic E-state index is -3.82. The Kier molecular flexibility index (Phi) is 7.39. The first-order valence-electron chi connectivity index (χ1n) is 11.3. The molecule has 32 heavy (non-hydrogen) atoms. The number of rotatable bonds is 7. The third kappa shape index (κ3) is 5.20. The molecule has 176 valence electrons. The lowest BCUT2D eigenvalue weighted by Gasteiger charge is -2.36. The monoisotopic (exact) mass is 463 g/mol. The molecule has 3 rings (SSSR count). The summed E-state index contributed by atoms with van der Waals surface area (Å²) >= 11 is 0. The molecule has 3 amide bonds. The molecule has 1 saturated heterocycles. The number of carbonyl (C=O) groups excluding carboxylic acids is 3. The van der Waals surface area contributed by atoms with E-state index in [0.29, 0.717) is 6.42 Å². The highest BCUT2D eigenvalue weighted by molar-refractivity contribution is 7.89. The summed E-state index contributed by atoms with van der Waals surface area (Å²) in [4.78, 5) is 38.6. The number of hydrogen-bond donors (Lipinski definition) is 1. The van der Waals surface area contributed by atoms with Crippen molar-refractivity contribution in [3.8, 4) is 0 Å². The number of anilines is 1. The van der Waals surface area contributed by atoms with Crippen LogP contribution in [0, 0.1) is 5.41 Å². The fourth-order valence-electron chi connectivity index (χ4n) is 4.47. The normalized spacial score (nSPS) is 19.9. The molecule has 1 N–H and O–H groups in total. The number of para-hydroxylation sites is 1. The van der Waals surface area contributed by atoms with Crippen LogP contribution < -0.4 is 5.32 Å². The molecule has 0 aromatic heterocycles. The SMILES string of the molecule is CCC1(C)CC(=O)N(CC(=O)Nc2ccccc2S(=O)(=O)N(C)C2CCCCC2)C(=O)C1. The summed E-state index contributed by atoms with van der Waals surface area (Å²) in [6.45, 7) is 3.40. The van der Waals surface area contributed by atoms with E-state index in [2.05, 4.69) is 5.32 Å². The zero-order valence-electron chi connectivity index (χ0n) is 19.1. The van der Waals surface area contributed by atoms with Crippen molar-refractivity contribution in [3.63, 3.8) is 0 Å². The Morgan fingerprint density at radius 3 is 2.31 bits per heavy atom. The van der Waals surface area contributed by atoms with Gasteiger partial charge in [-0.2, -0.15) is 4.31 Å². The van der Waals surface area contributed by atoms with Crippen LogP contribution in [0.2, 0.25) is 0 Å². The summed E-state index contributed by atoms with van der Waals surface area (Å²) in [7, 11) is -2.23. The van der Waals surface area contributed by atoms with Crippen LogP contribution in [-0.4, -0.2) is 55.0 Å². The average Bonchev–Trinajstić information content (AvgIpc) is 2.76. The van der Waals surface area contributed by atoms with Crippen molar-refractivity contribution in [3.05, 3.63) is 24.3 Å². The lowest BCUT2D eigenvalue weighted by atomic mass is 9.77. The molecule has 1 saturated carbocycles. The topological polar surface area (TPSA) is 104 Å². The molecule has 2 fully saturated rings. The van der Waals surface area contributed by atoms with Crippen molar-refractivity contribution >= 4 is 33.4 Å². The Balaban J connectivity index is 1.74. The highest BCUT2D eigenvalue weighted by atomic mass is 32.2. The van der Waals surface area contributed by atoms with Crippen molar-refractivity contribution in [2.24, 2.45) is 5.41 Å². The average molecular weight is 464 g/mol. The minimum absolute atomic E-state index is 0.0104. The number of likely N-dealkylation sites (tertiary alicyclic amines) is 1. The maximum Gasteiger partial charge on any atom is 0.245 e. The van der Waals surface area contributed by atoms with Gasteiger partial charge in [-0.15, -0.1) is 0 Å². The highest BCUT2D eigenvalue weighted by Crippen LogP contribution is 2.35. The molecule has 0 bridgehead atoms. The summed E-state index contributed by atoms with van der Waals surface area (Å²) < 4.78 is 28.0. The third-order valence-electron chi connectivity index (χ3n) is 6.82. The molecule has 1 aliphatic carbocycles. The molecular weight excluding hydrogens is 430 g/mol. The molecule has 9 heteroatoms. The fourth-order valence-corrected chi connectivity index (χ4v) is 6.03. The standard InChI is InChI=1S/C23H33N3O5S/c1-4-23(2)14-21(28)26(22(29)15-23)16-20(27)24-18-12-8-9-13-19(18)32(30,31)25(3)17-10-6-5-7-11-17/h8-9,12-13,17H,4-7,10-11,14-16H2,1-3H3,(H,24,27). The second-order valence-corrected chi connectivity index (χ2v) is 11.2. The maximum atomic E-state index is 13.3. The van der Waals surface area contributed by atoms with E-state index in [9.17, 15) is 22.8 Å². The molecule has 0 atom stereocenters. The molecule has 1 heterocycles. The summed E-state index contributed by atoms with van der Waals surface area (Å²) in [5.41, 5.74) is -0.235.